The highest BCUT2D eigenvalue weighted by Gasteiger charge is 2.24. The third kappa shape index (κ3) is 3.03. The van der Waals surface area contributed by atoms with Gasteiger partial charge in [0.2, 0.25) is 5.78 Å². The normalized spacial score (nSPS) is 12.1. The van der Waals surface area contributed by atoms with Gasteiger partial charge in [0.1, 0.15) is 0 Å². The summed E-state index contributed by atoms with van der Waals surface area (Å²) < 4.78 is 5.26. The zero-order chi connectivity index (χ0) is 17.3. The van der Waals surface area contributed by atoms with E-state index in [9.17, 15) is 9.59 Å². The van der Waals surface area contributed by atoms with Crippen LogP contribution in [0.15, 0.2) is 48.7 Å². The number of hydrogen-bond acceptors (Lipinski definition) is 3. The van der Waals surface area contributed by atoms with E-state index >= 15 is 0 Å². The van der Waals surface area contributed by atoms with Crippen molar-refractivity contribution in [1.29, 1.82) is 0 Å². The summed E-state index contributed by atoms with van der Waals surface area (Å²) in [5.41, 5.74) is 1.45. The molecule has 1 heterocycles. The summed E-state index contributed by atoms with van der Waals surface area (Å²) in [5, 5.41) is 1.14. The first-order chi connectivity index (χ1) is 11.5. The number of benzene rings is 2. The highest BCUT2D eigenvalue weighted by Crippen LogP contribution is 2.27. The lowest BCUT2D eigenvalue weighted by Crippen LogP contribution is -2.24. The Hall–Kier alpha value is -2.30. The molecular formula is C18H13Cl2NO3. The maximum atomic E-state index is 12.6. The molecule has 0 aliphatic heterocycles. The molecule has 0 aliphatic rings. The predicted octanol–water partition coefficient (Wildman–Crippen LogP) is 4.90. The molecule has 0 amide bonds. The number of esters is 1. The number of hydrogen-bond donors (Lipinski definition) is 1. The fourth-order valence-corrected chi connectivity index (χ4v) is 2.81. The molecule has 2 aromatic carbocycles. The quantitative estimate of drug-likeness (QED) is 0.530. The maximum absolute atomic E-state index is 12.6. The average Bonchev–Trinajstić information content (AvgIpc) is 3.00. The average molecular weight is 362 g/mol. The van der Waals surface area contributed by atoms with Crippen molar-refractivity contribution in [3.05, 3.63) is 69.8 Å². The van der Waals surface area contributed by atoms with Gasteiger partial charge in [-0.2, -0.15) is 0 Å². The van der Waals surface area contributed by atoms with E-state index in [-0.39, 0.29) is 21.4 Å². The fraction of sp³-hybridized carbons (Fsp3) is 0.111. The van der Waals surface area contributed by atoms with Crippen LogP contribution in [-0.2, 0) is 4.74 Å². The molecule has 1 N–H and O–H groups in total. The Labute approximate surface area is 148 Å². The van der Waals surface area contributed by atoms with Crippen molar-refractivity contribution in [3.63, 3.8) is 0 Å². The van der Waals surface area contributed by atoms with Crippen molar-refractivity contribution in [2.24, 2.45) is 0 Å². The molecular weight excluding hydrogens is 349 g/mol. The molecule has 0 aliphatic carbocycles. The van der Waals surface area contributed by atoms with Gasteiger partial charge in [-0.05, 0) is 25.1 Å². The Kier molecular flexibility index (Phi) is 4.60. The van der Waals surface area contributed by atoms with Gasteiger partial charge in [-0.15, -0.1) is 0 Å². The molecule has 0 bridgehead atoms. The number of aromatic amines is 1. The monoisotopic (exact) mass is 361 g/mol. The molecule has 0 spiro atoms. The molecule has 0 fully saturated rings. The Balaban J connectivity index is 1.81. The van der Waals surface area contributed by atoms with Crippen LogP contribution in [0.1, 0.15) is 27.6 Å². The van der Waals surface area contributed by atoms with Crippen LogP contribution >= 0.6 is 23.2 Å². The lowest BCUT2D eigenvalue weighted by atomic mass is 10.1. The zero-order valence-electron chi connectivity index (χ0n) is 12.7. The fourth-order valence-electron chi connectivity index (χ4n) is 2.43. The number of para-hydroxylation sites is 1. The summed E-state index contributed by atoms with van der Waals surface area (Å²) in [6.45, 7) is 1.53. The molecule has 3 rings (SSSR count). The topological polar surface area (TPSA) is 59.2 Å². The second kappa shape index (κ2) is 6.67. The van der Waals surface area contributed by atoms with Crippen molar-refractivity contribution in [2.45, 2.75) is 13.0 Å². The minimum atomic E-state index is -0.952. The Morgan fingerprint density at radius 1 is 1.04 bits per heavy atom. The number of Topliss-reactive ketones (excluding diaryl/α,β-unsaturated/α-hetero) is 1. The maximum Gasteiger partial charge on any atom is 0.340 e. The number of ketones is 1. The van der Waals surface area contributed by atoms with E-state index in [0.29, 0.717) is 5.56 Å². The van der Waals surface area contributed by atoms with Crippen LogP contribution in [0.3, 0.4) is 0 Å². The van der Waals surface area contributed by atoms with Gasteiger partial charge in [-0.3, -0.25) is 4.79 Å². The van der Waals surface area contributed by atoms with Crippen molar-refractivity contribution >= 4 is 45.9 Å². The smallest absolute Gasteiger partial charge is 0.340 e. The third-order valence-corrected chi connectivity index (χ3v) is 4.50. The summed E-state index contributed by atoms with van der Waals surface area (Å²) in [7, 11) is 0. The highest BCUT2D eigenvalue weighted by molar-refractivity contribution is 6.43. The zero-order valence-corrected chi connectivity index (χ0v) is 14.2. The molecule has 3 aromatic rings. The molecule has 0 saturated heterocycles. The number of fused-ring (bicyclic) bond motifs is 1. The number of rotatable bonds is 4. The van der Waals surface area contributed by atoms with Gasteiger partial charge in [-0.25, -0.2) is 4.79 Å². The van der Waals surface area contributed by atoms with E-state index in [1.54, 1.807) is 18.3 Å². The lowest BCUT2D eigenvalue weighted by Gasteiger charge is -2.13. The molecule has 1 aromatic heterocycles. The molecule has 0 unspecified atom stereocenters. The SMILES string of the molecule is C[C@H](OC(=O)c1cccc(Cl)c1Cl)C(=O)c1c[nH]c2ccccc12. The third-order valence-electron chi connectivity index (χ3n) is 3.68. The standard InChI is InChI=1S/C18H13Cl2NO3/c1-10(24-18(23)12-6-4-7-14(19)16(12)20)17(22)13-9-21-15-8-3-2-5-11(13)15/h2-10,21H,1H3/t10-/m0/s1. The molecule has 0 radical (unpaired) electrons. The number of nitrogens with one attached hydrogen (secondary N) is 1. The van der Waals surface area contributed by atoms with Crippen LogP contribution in [0.2, 0.25) is 10.0 Å². The first-order valence-corrected chi connectivity index (χ1v) is 8.00. The van der Waals surface area contributed by atoms with E-state index in [0.717, 1.165) is 10.9 Å². The molecule has 122 valence electrons. The minimum Gasteiger partial charge on any atom is -0.451 e. The number of ether oxygens (including phenoxy) is 1. The van der Waals surface area contributed by atoms with Gasteiger partial charge in [0.15, 0.2) is 6.10 Å². The Bertz CT molecular complexity index is 933. The van der Waals surface area contributed by atoms with E-state index in [1.165, 1.54) is 13.0 Å². The number of H-pyrrole nitrogens is 1. The van der Waals surface area contributed by atoms with Gasteiger partial charge in [0.25, 0.3) is 0 Å². The first-order valence-electron chi connectivity index (χ1n) is 7.24. The van der Waals surface area contributed by atoms with Crippen LogP contribution in [0.25, 0.3) is 10.9 Å². The van der Waals surface area contributed by atoms with E-state index in [2.05, 4.69) is 4.98 Å². The minimum absolute atomic E-state index is 0.107. The summed E-state index contributed by atoms with van der Waals surface area (Å²) in [4.78, 5) is 27.8. The van der Waals surface area contributed by atoms with E-state index in [4.69, 9.17) is 27.9 Å². The lowest BCUT2D eigenvalue weighted by molar-refractivity contribution is 0.0319. The highest BCUT2D eigenvalue weighted by atomic mass is 35.5. The Morgan fingerprint density at radius 3 is 2.58 bits per heavy atom. The van der Waals surface area contributed by atoms with Gasteiger partial charge < -0.3 is 9.72 Å². The van der Waals surface area contributed by atoms with E-state index < -0.39 is 12.1 Å². The molecule has 1 atom stereocenters. The van der Waals surface area contributed by atoms with E-state index in [1.807, 2.05) is 24.3 Å². The summed E-state index contributed by atoms with van der Waals surface area (Å²) >= 11 is 11.9. The second-order valence-corrected chi connectivity index (χ2v) is 6.05. The molecule has 0 saturated carbocycles. The first kappa shape index (κ1) is 16.6. The molecule has 24 heavy (non-hydrogen) atoms. The van der Waals surface area contributed by atoms with Gasteiger partial charge in [0, 0.05) is 22.7 Å². The van der Waals surface area contributed by atoms with Gasteiger partial charge in [0.05, 0.1) is 15.6 Å². The van der Waals surface area contributed by atoms with Crippen LogP contribution < -0.4 is 0 Å². The molecule has 4 nitrogen and oxygen atoms in total. The Morgan fingerprint density at radius 2 is 1.79 bits per heavy atom. The number of aromatic nitrogens is 1. The second-order valence-electron chi connectivity index (χ2n) is 5.26. The van der Waals surface area contributed by atoms with Crippen molar-refractivity contribution in [1.82, 2.24) is 4.98 Å². The van der Waals surface area contributed by atoms with Crippen molar-refractivity contribution in [2.75, 3.05) is 0 Å². The number of carbonyl (C=O) groups excluding carboxylic acids is 2. The summed E-state index contributed by atoms with van der Waals surface area (Å²) in [6.07, 6.45) is 0.663. The summed E-state index contributed by atoms with van der Waals surface area (Å²) in [5.74, 6) is -0.984. The van der Waals surface area contributed by atoms with Crippen LogP contribution in [-0.4, -0.2) is 22.8 Å². The van der Waals surface area contributed by atoms with Gasteiger partial charge in [-0.1, -0.05) is 47.5 Å². The largest absolute Gasteiger partial charge is 0.451 e. The van der Waals surface area contributed by atoms with Crippen LogP contribution in [0, 0.1) is 0 Å². The summed E-state index contributed by atoms with van der Waals surface area (Å²) in [6, 6.07) is 12.1. The van der Waals surface area contributed by atoms with Crippen LogP contribution in [0.5, 0.6) is 0 Å². The predicted molar refractivity (Wildman–Crippen MR) is 94.0 cm³/mol. The number of carbonyl (C=O) groups is 2. The number of halogens is 2. The molecule has 6 heteroatoms. The van der Waals surface area contributed by atoms with Crippen molar-refractivity contribution in [3.8, 4) is 0 Å². The van der Waals surface area contributed by atoms with Crippen LogP contribution in [0.4, 0.5) is 0 Å². The van der Waals surface area contributed by atoms with Crippen molar-refractivity contribution < 1.29 is 14.3 Å². The van der Waals surface area contributed by atoms with Gasteiger partial charge >= 0.3 is 5.97 Å².